The molecule has 1 heterocycles. The molecular weight excluding hydrogens is 170 g/mol. The third-order valence-electron chi connectivity index (χ3n) is 0.869. The van der Waals surface area contributed by atoms with Crippen LogP contribution in [0.4, 0.5) is 0 Å². The van der Waals surface area contributed by atoms with Crippen LogP contribution in [0.15, 0.2) is 0 Å². The third kappa shape index (κ3) is 1.89. The monoisotopic (exact) mass is 175 g/mol. The van der Waals surface area contributed by atoms with Gasteiger partial charge in [0.1, 0.15) is 5.82 Å². The van der Waals surface area contributed by atoms with Crippen LogP contribution in [0.25, 0.3) is 0 Å². The lowest BCUT2D eigenvalue weighted by atomic mass is 10.4. The van der Waals surface area contributed by atoms with Crippen molar-refractivity contribution in [2.45, 2.75) is 6.42 Å². The predicted molar refractivity (Wildman–Crippen MR) is 42.7 cm³/mol. The van der Waals surface area contributed by atoms with Gasteiger partial charge in [0.15, 0.2) is 9.82 Å². The molecule has 0 bridgehead atoms. The minimum Gasteiger partial charge on any atom is -0.502 e. The maximum atomic E-state index is 8.64. The average molecular weight is 175 g/mol. The van der Waals surface area contributed by atoms with Crippen molar-refractivity contribution in [2.75, 3.05) is 0 Å². The number of aliphatic hydroxyl groups is 1. The summed E-state index contributed by atoms with van der Waals surface area (Å²) in [5.74, 6) is 0.553. The second kappa shape index (κ2) is 2.89. The molecule has 0 spiro atoms. The zero-order chi connectivity index (χ0) is 7.56. The van der Waals surface area contributed by atoms with E-state index in [-0.39, 0.29) is 11.5 Å². The molecule has 54 valence electrons. The average Bonchev–Trinajstić information content (AvgIpc) is 2.13. The summed E-state index contributed by atoms with van der Waals surface area (Å²) in [6.07, 6.45) is 0.239. The van der Waals surface area contributed by atoms with Gasteiger partial charge in [-0.05, 0) is 24.4 Å². The number of H-pyrrole nitrogens is 2. The smallest absolute Gasteiger partial charge is 0.192 e. The van der Waals surface area contributed by atoms with Crippen molar-refractivity contribution in [3.05, 3.63) is 10.6 Å². The highest BCUT2D eigenvalue weighted by atomic mass is 32.1. The van der Waals surface area contributed by atoms with E-state index in [4.69, 9.17) is 5.11 Å². The van der Waals surface area contributed by atoms with Gasteiger partial charge in [0.2, 0.25) is 0 Å². The molecular formula is C4H5N3OS2. The largest absolute Gasteiger partial charge is 0.502 e. The molecule has 3 N–H and O–H groups in total. The van der Waals surface area contributed by atoms with Gasteiger partial charge >= 0.3 is 0 Å². The molecule has 0 aliphatic rings. The van der Waals surface area contributed by atoms with Gasteiger partial charge < -0.3 is 10.1 Å². The Hall–Kier alpha value is -0.750. The van der Waals surface area contributed by atoms with Gasteiger partial charge in [-0.2, -0.15) is 5.10 Å². The molecule has 0 radical (unpaired) electrons. The van der Waals surface area contributed by atoms with Crippen LogP contribution in [0, 0.1) is 4.77 Å². The molecule has 10 heavy (non-hydrogen) atoms. The van der Waals surface area contributed by atoms with Crippen molar-refractivity contribution in [3.8, 4) is 0 Å². The number of thiocarbonyl (C=S) groups is 1. The summed E-state index contributed by atoms with van der Waals surface area (Å²) in [5.41, 5.74) is 0. The summed E-state index contributed by atoms with van der Waals surface area (Å²) in [6, 6.07) is 0. The number of nitrogens with zero attached hydrogens (tertiary/aromatic N) is 1. The van der Waals surface area contributed by atoms with Crippen LogP contribution in [-0.2, 0) is 6.42 Å². The molecule has 4 nitrogen and oxygen atoms in total. The standard InChI is InChI=1S/C4H5N3OS2/c8-3(9)1-2-5-4(10)7-6-2/h1H2,(H,8,9)(H2,5,6,7,10). The van der Waals surface area contributed by atoms with E-state index in [0.29, 0.717) is 10.6 Å². The van der Waals surface area contributed by atoms with Crippen molar-refractivity contribution in [1.29, 1.82) is 0 Å². The molecule has 1 aromatic heterocycles. The molecule has 0 aliphatic heterocycles. The summed E-state index contributed by atoms with van der Waals surface area (Å²) in [5, 5.41) is 14.8. The van der Waals surface area contributed by atoms with Crippen molar-refractivity contribution in [1.82, 2.24) is 15.2 Å². The van der Waals surface area contributed by atoms with Gasteiger partial charge in [0.05, 0.1) is 6.42 Å². The number of rotatable bonds is 2. The van der Waals surface area contributed by atoms with Crippen LogP contribution in [0.1, 0.15) is 5.82 Å². The lowest BCUT2D eigenvalue weighted by molar-refractivity contribution is 0.553. The summed E-state index contributed by atoms with van der Waals surface area (Å²) in [6.45, 7) is 0. The Bertz CT molecular complexity index is 289. The molecule has 1 rings (SSSR count). The highest BCUT2D eigenvalue weighted by Gasteiger charge is 1.97. The Labute approximate surface area is 67.3 Å². The topological polar surface area (TPSA) is 64.7 Å². The third-order valence-corrected chi connectivity index (χ3v) is 1.21. The Morgan fingerprint density at radius 3 is 2.80 bits per heavy atom. The highest BCUT2D eigenvalue weighted by Crippen LogP contribution is 1.89. The number of aromatic amines is 2. The lowest BCUT2D eigenvalue weighted by Crippen LogP contribution is -1.98. The van der Waals surface area contributed by atoms with E-state index in [1.165, 1.54) is 0 Å². The van der Waals surface area contributed by atoms with Gasteiger partial charge in [-0.25, -0.2) is 0 Å². The van der Waals surface area contributed by atoms with Crippen molar-refractivity contribution >= 4 is 29.5 Å². The van der Waals surface area contributed by atoms with Crippen LogP contribution in [0.3, 0.4) is 0 Å². The van der Waals surface area contributed by atoms with E-state index in [0.717, 1.165) is 0 Å². The lowest BCUT2D eigenvalue weighted by Gasteiger charge is -1.87. The van der Waals surface area contributed by atoms with E-state index in [1.54, 1.807) is 0 Å². The second-order valence-electron chi connectivity index (χ2n) is 1.69. The fourth-order valence-corrected chi connectivity index (χ4v) is 0.832. The summed E-state index contributed by atoms with van der Waals surface area (Å²) in [7, 11) is 0. The molecule has 6 heteroatoms. The first-order chi connectivity index (χ1) is 4.68. The maximum Gasteiger partial charge on any atom is 0.192 e. The number of hydrogen-bond donors (Lipinski definition) is 3. The van der Waals surface area contributed by atoms with E-state index in [2.05, 4.69) is 39.6 Å². The number of aliphatic hydroxyl groups excluding tert-OH is 1. The normalized spacial score (nSPS) is 9.60. The van der Waals surface area contributed by atoms with Gasteiger partial charge in [0, 0.05) is 0 Å². The quantitative estimate of drug-likeness (QED) is 0.584. The van der Waals surface area contributed by atoms with Crippen LogP contribution in [0.5, 0.6) is 0 Å². The molecule has 0 atom stereocenters. The Kier molecular flexibility index (Phi) is 2.13. The number of nitrogens with one attached hydrogen (secondary N) is 2. The summed E-state index contributed by atoms with van der Waals surface area (Å²) < 4.78 is 0.436. The molecule has 0 amide bonds. The SMILES string of the molecule is OC(=S)Cc1n[nH]c(=S)[nH]1. The van der Waals surface area contributed by atoms with E-state index < -0.39 is 0 Å². The zero-order valence-electron chi connectivity index (χ0n) is 4.92. The van der Waals surface area contributed by atoms with E-state index in [1.807, 2.05) is 0 Å². The molecule has 1 aromatic rings. The van der Waals surface area contributed by atoms with Crippen molar-refractivity contribution in [3.63, 3.8) is 0 Å². The first-order valence-corrected chi connectivity index (χ1v) is 3.35. The second-order valence-corrected chi connectivity index (χ2v) is 2.57. The zero-order valence-corrected chi connectivity index (χ0v) is 6.55. The van der Waals surface area contributed by atoms with Gasteiger partial charge in [-0.3, -0.25) is 5.10 Å². The Balaban J connectivity index is 2.76. The van der Waals surface area contributed by atoms with Crippen molar-refractivity contribution < 1.29 is 5.11 Å². The molecule has 0 aromatic carbocycles. The van der Waals surface area contributed by atoms with Gasteiger partial charge in [0.25, 0.3) is 0 Å². The van der Waals surface area contributed by atoms with Crippen LogP contribution in [0.2, 0.25) is 0 Å². The highest BCUT2D eigenvalue weighted by molar-refractivity contribution is 7.80. The number of hydrogen-bond acceptors (Lipinski definition) is 3. The van der Waals surface area contributed by atoms with Crippen LogP contribution >= 0.6 is 24.4 Å². The molecule has 0 fully saturated rings. The molecule has 0 saturated carbocycles. The van der Waals surface area contributed by atoms with Crippen molar-refractivity contribution in [2.24, 2.45) is 0 Å². The predicted octanol–water partition coefficient (Wildman–Crippen LogP) is 0.895. The maximum absolute atomic E-state index is 8.64. The molecule has 0 saturated heterocycles. The Morgan fingerprint density at radius 2 is 2.40 bits per heavy atom. The first-order valence-electron chi connectivity index (χ1n) is 2.54. The minimum absolute atomic E-state index is 0.0993. The minimum atomic E-state index is -0.0993. The van der Waals surface area contributed by atoms with E-state index >= 15 is 0 Å². The van der Waals surface area contributed by atoms with Crippen LogP contribution < -0.4 is 0 Å². The fourth-order valence-electron chi connectivity index (χ4n) is 0.532. The Morgan fingerprint density at radius 1 is 1.70 bits per heavy atom. The van der Waals surface area contributed by atoms with Crippen LogP contribution in [-0.4, -0.2) is 25.3 Å². The van der Waals surface area contributed by atoms with E-state index in [9.17, 15) is 0 Å². The fraction of sp³-hybridized carbons (Fsp3) is 0.250. The molecule has 0 unspecified atom stereocenters. The van der Waals surface area contributed by atoms with Gasteiger partial charge in [-0.1, -0.05) is 0 Å². The number of aromatic nitrogens is 3. The summed E-state index contributed by atoms with van der Waals surface area (Å²) in [4.78, 5) is 2.71. The first kappa shape index (κ1) is 7.36. The summed E-state index contributed by atoms with van der Waals surface area (Å²) >= 11 is 9.12. The molecule has 0 aliphatic carbocycles. The van der Waals surface area contributed by atoms with Gasteiger partial charge in [-0.15, -0.1) is 0 Å².